The lowest BCUT2D eigenvalue weighted by atomic mass is 9.86. The Morgan fingerprint density at radius 1 is 1.10 bits per heavy atom. The fourth-order valence-electron chi connectivity index (χ4n) is 7.31. The van der Waals surface area contributed by atoms with E-state index >= 15 is 0 Å². The first-order chi connectivity index (χ1) is 20.3. The summed E-state index contributed by atoms with van der Waals surface area (Å²) < 4.78 is 12.7. The lowest BCUT2D eigenvalue weighted by Gasteiger charge is -2.37. The molecule has 1 saturated heterocycles. The van der Waals surface area contributed by atoms with Crippen LogP contribution in [0.15, 0.2) is 29.1 Å². The van der Waals surface area contributed by atoms with E-state index in [4.69, 9.17) is 14.5 Å². The van der Waals surface area contributed by atoms with Crippen molar-refractivity contribution in [2.24, 2.45) is 0 Å². The third-order valence-corrected chi connectivity index (χ3v) is 9.75. The number of carbonyl (C=O) groups excluding carboxylic acids is 2. The summed E-state index contributed by atoms with van der Waals surface area (Å²) in [5, 5.41) is 12.0. The number of aliphatic hydroxyl groups is 1. The Morgan fingerprint density at radius 2 is 1.86 bits per heavy atom. The van der Waals surface area contributed by atoms with Gasteiger partial charge in [0.1, 0.15) is 12.4 Å². The van der Waals surface area contributed by atoms with Gasteiger partial charge in [-0.25, -0.2) is 14.6 Å². The van der Waals surface area contributed by atoms with Crippen molar-refractivity contribution < 1.29 is 24.2 Å². The van der Waals surface area contributed by atoms with E-state index in [-0.39, 0.29) is 24.7 Å². The molecule has 0 bridgehead atoms. The summed E-state index contributed by atoms with van der Waals surface area (Å²) in [5.41, 5.74) is 2.37. The van der Waals surface area contributed by atoms with E-state index in [1.165, 1.54) is 25.7 Å². The Balaban J connectivity index is 1.18. The zero-order valence-electron chi connectivity index (χ0n) is 24.1. The average Bonchev–Trinajstić information content (AvgIpc) is 3.67. The first-order valence-corrected chi connectivity index (χ1v) is 15.2. The van der Waals surface area contributed by atoms with Gasteiger partial charge in [-0.1, -0.05) is 26.7 Å². The van der Waals surface area contributed by atoms with Crippen LogP contribution in [0.4, 0.5) is 4.79 Å². The molecule has 220 valence electrons. The predicted octanol–water partition coefficient (Wildman–Crippen LogP) is 3.70. The second-order valence-corrected chi connectivity index (χ2v) is 11.9. The second-order valence-electron chi connectivity index (χ2n) is 11.9. The number of benzene rings is 1. The van der Waals surface area contributed by atoms with Crippen molar-refractivity contribution in [3.8, 4) is 17.1 Å². The monoisotopic (exact) mass is 572 g/mol. The molecule has 5 heterocycles. The van der Waals surface area contributed by atoms with Crippen LogP contribution in [0.1, 0.15) is 68.2 Å². The van der Waals surface area contributed by atoms with Crippen molar-refractivity contribution in [2.45, 2.75) is 77.2 Å². The molecule has 10 nitrogen and oxygen atoms in total. The van der Waals surface area contributed by atoms with E-state index in [0.717, 1.165) is 35.1 Å². The quantitative estimate of drug-likeness (QED) is 0.369. The van der Waals surface area contributed by atoms with Crippen LogP contribution in [-0.4, -0.2) is 68.7 Å². The highest BCUT2D eigenvalue weighted by Gasteiger charge is 2.45. The maximum atomic E-state index is 13.6. The van der Waals surface area contributed by atoms with Crippen molar-refractivity contribution in [1.82, 2.24) is 19.4 Å². The fraction of sp³-hybridized carbons (Fsp3) is 0.500. The van der Waals surface area contributed by atoms with Gasteiger partial charge in [-0.3, -0.25) is 9.69 Å². The Bertz CT molecular complexity index is 1670. The summed E-state index contributed by atoms with van der Waals surface area (Å²) in [4.78, 5) is 48.3. The number of nitrogens with zero attached hydrogens (tertiary/aromatic N) is 4. The molecule has 0 unspecified atom stereocenters. The van der Waals surface area contributed by atoms with Gasteiger partial charge in [0.25, 0.3) is 5.56 Å². The number of pyridine rings is 2. The number of piperazine rings is 1. The number of cyclic esters (lactones) is 1. The van der Waals surface area contributed by atoms with Crippen molar-refractivity contribution in [2.75, 3.05) is 26.2 Å². The van der Waals surface area contributed by atoms with Gasteiger partial charge in [-0.2, -0.15) is 0 Å². The number of aromatic nitrogens is 2. The average molecular weight is 573 g/mol. The minimum absolute atomic E-state index is 0.0949. The summed E-state index contributed by atoms with van der Waals surface area (Å²) in [6.07, 6.45) is 5.57. The number of amides is 1. The highest BCUT2D eigenvalue weighted by Crippen LogP contribution is 2.40. The molecule has 0 spiro atoms. The van der Waals surface area contributed by atoms with Crippen LogP contribution in [0, 0.1) is 0 Å². The molecule has 1 amide bonds. The molecule has 2 fully saturated rings. The molecule has 7 rings (SSSR count). The molecule has 3 aromatic rings. The van der Waals surface area contributed by atoms with Gasteiger partial charge < -0.3 is 24.0 Å². The van der Waals surface area contributed by atoms with Crippen molar-refractivity contribution in [3.05, 3.63) is 56.9 Å². The number of esters is 1. The van der Waals surface area contributed by atoms with Crippen LogP contribution in [-0.2, 0) is 34.7 Å². The summed E-state index contributed by atoms with van der Waals surface area (Å²) in [5.74, 6) is -0.271. The van der Waals surface area contributed by atoms with Gasteiger partial charge in [0.05, 0.1) is 29.0 Å². The molecule has 2 aromatic heterocycles. The number of aryl methyl sites for hydroxylation is 1. The minimum Gasteiger partial charge on any atom is -0.458 e. The summed E-state index contributed by atoms with van der Waals surface area (Å²) in [6, 6.07) is 7.86. The third-order valence-electron chi connectivity index (χ3n) is 9.75. The van der Waals surface area contributed by atoms with Crippen LogP contribution in [0.25, 0.3) is 22.3 Å². The maximum absolute atomic E-state index is 13.6. The van der Waals surface area contributed by atoms with Gasteiger partial charge in [-0.05, 0) is 55.5 Å². The molecule has 1 aliphatic carbocycles. The highest BCUT2D eigenvalue weighted by molar-refractivity contribution is 5.90. The second kappa shape index (κ2) is 10.2. The summed E-state index contributed by atoms with van der Waals surface area (Å²) in [7, 11) is 0. The van der Waals surface area contributed by atoms with Gasteiger partial charge in [0, 0.05) is 48.7 Å². The van der Waals surface area contributed by atoms with Crippen LogP contribution < -0.4 is 10.3 Å². The van der Waals surface area contributed by atoms with Crippen molar-refractivity contribution in [1.29, 1.82) is 0 Å². The maximum Gasteiger partial charge on any atom is 0.415 e. The van der Waals surface area contributed by atoms with Gasteiger partial charge in [0.15, 0.2) is 5.60 Å². The number of hydrogen-bond acceptors (Lipinski definition) is 8. The number of fused-ring (bicyclic) bond motifs is 5. The molecular weight excluding hydrogens is 536 g/mol. The third kappa shape index (κ3) is 4.14. The molecule has 0 radical (unpaired) electrons. The molecule has 1 N–H and O–H groups in total. The van der Waals surface area contributed by atoms with Crippen molar-refractivity contribution >= 4 is 23.0 Å². The number of rotatable bonds is 4. The number of hydrogen-bond donors (Lipinski definition) is 1. The molecule has 42 heavy (non-hydrogen) atoms. The fourth-order valence-corrected chi connectivity index (χ4v) is 7.31. The van der Waals surface area contributed by atoms with Crippen LogP contribution in [0.3, 0.4) is 0 Å². The molecule has 10 heteroatoms. The van der Waals surface area contributed by atoms with E-state index < -0.39 is 11.6 Å². The first kappa shape index (κ1) is 27.1. The minimum atomic E-state index is -1.86. The largest absolute Gasteiger partial charge is 0.458 e. The number of ether oxygens (including phenoxy) is 2. The Labute approximate surface area is 243 Å². The van der Waals surface area contributed by atoms with Gasteiger partial charge in [0.2, 0.25) is 0 Å². The van der Waals surface area contributed by atoms with Crippen LogP contribution in [0.5, 0.6) is 5.75 Å². The van der Waals surface area contributed by atoms with Crippen LogP contribution >= 0.6 is 0 Å². The normalized spacial score (nSPS) is 22.2. The topological polar surface area (TPSA) is 114 Å². The standard InChI is InChI=1S/C32H36N4O6/c1-3-21-22-15-20(42-31(39)35-13-11-34(12-14-35)19-7-5-6-8-19)9-10-26(22)33-28-23(21)17-36-27(28)16-25-24(29(36)37)18-41-30(38)32(25,40)4-2/h9-10,15-16,19,40H,3-8,11-14,17-18H2,1-2H3/t32-/m0/s1. The molecule has 1 saturated carbocycles. The lowest BCUT2D eigenvalue weighted by molar-refractivity contribution is -0.172. The Hall–Kier alpha value is -3.76. The zero-order chi connectivity index (χ0) is 29.2. The lowest BCUT2D eigenvalue weighted by Crippen LogP contribution is -2.52. The van der Waals surface area contributed by atoms with E-state index in [2.05, 4.69) is 11.8 Å². The molecule has 3 aliphatic heterocycles. The van der Waals surface area contributed by atoms with E-state index in [1.54, 1.807) is 28.5 Å². The molecule has 1 aromatic carbocycles. The Morgan fingerprint density at radius 3 is 2.57 bits per heavy atom. The van der Waals surface area contributed by atoms with Gasteiger partial charge in [-0.15, -0.1) is 0 Å². The highest BCUT2D eigenvalue weighted by atomic mass is 16.6. The van der Waals surface area contributed by atoms with Crippen molar-refractivity contribution in [3.63, 3.8) is 0 Å². The zero-order valence-corrected chi connectivity index (χ0v) is 24.1. The van der Waals surface area contributed by atoms with E-state index in [0.29, 0.717) is 60.4 Å². The summed E-state index contributed by atoms with van der Waals surface area (Å²) >= 11 is 0. The molecule has 1 atom stereocenters. The van der Waals surface area contributed by atoms with E-state index in [9.17, 15) is 19.5 Å². The first-order valence-electron chi connectivity index (χ1n) is 15.2. The van der Waals surface area contributed by atoms with Gasteiger partial charge >= 0.3 is 12.1 Å². The van der Waals surface area contributed by atoms with E-state index in [1.807, 2.05) is 12.1 Å². The van der Waals surface area contributed by atoms with Crippen LogP contribution in [0.2, 0.25) is 0 Å². The Kier molecular flexibility index (Phi) is 6.58. The molecular formula is C32H36N4O6. The number of carbonyl (C=O) groups is 2. The smallest absolute Gasteiger partial charge is 0.415 e. The molecule has 4 aliphatic rings. The SMILES string of the molecule is CCc1c2c(nc3ccc(OC(=O)N4CCN(C5CCCC5)CC4)cc13)-c1cc3c(c(=O)n1C2)COC(=O)[C@]3(O)CC. The summed E-state index contributed by atoms with van der Waals surface area (Å²) in [6.45, 7) is 7.01. The predicted molar refractivity (Wildman–Crippen MR) is 155 cm³/mol.